The van der Waals surface area contributed by atoms with Crippen LogP contribution in [0.25, 0.3) is 10.9 Å². The van der Waals surface area contributed by atoms with Crippen molar-refractivity contribution >= 4 is 22.8 Å². The summed E-state index contributed by atoms with van der Waals surface area (Å²) in [6.07, 6.45) is 1.60. The van der Waals surface area contributed by atoms with Crippen LogP contribution in [-0.2, 0) is 4.79 Å². The first-order chi connectivity index (χ1) is 15.4. The van der Waals surface area contributed by atoms with Crippen LogP contribution in [0.5, 0.6) is 5.75 Å². The number of nitrogens with zero attached hydrogens (tertiary/aromatic N) is 3. The van der Waals surface area contributed by atoms with Gasteiger partial charge in [0.05, 0.1) is 24.4 Å². The van der Waals surface area contributed by atoms with Crippen molar-refractivity contribution in [1.82, 2.24) is 15.3 Å². The summed E-state index contributed by atoms with van der Waals surface area (Å²) >= 11 is 0. The maximum atomic E-state index is 12.9. The SMILES string of the molecule is COc1ccc([C@@H](C)NC(=O)C2CCN(c3nc(C)c4cc(C)c(C)cc4n3)CC2)cc1. The van der Waals surface area contributed by atoms with Crippen LogP contribution in [-0.4, -0.2) is 36.1 Å². The molecule has 0 spiro atoms. The number of piperidine rings is 1. The summed E-state index contributed by atoms with van der Waals surface area (Å²) in [6, 6.07) is 12.1. The molecule has 1 atom stereocenters. The Bertz CT molecular complexity index is 1120. The summed E-state index contributed by atoms with van der Waals surface area (Å²) in [5.41, 5.74) is 5.56. The zero-order valence-electron chi connectivity index (χ0n) is 19.6. The first-order valence-corrected chi connectivity index (χ1v) is 11.3. The average molecular weight is 433 g/mol. The van der Waals surface area contributed by atoms with Gasteiger partial charge in [-0.1, -0.05) is 12.1 Å². The number of ether oxygens (including phenoxy) is 1. The van der Waals surface area contributed by atoms with Crippen molar-refractivity contribution in [3.63, 3.8) is 0 Å². The predicted octanol–water partition coefficient (Wildman–Crippen LogP) is 4.66. The highest BCUT2D eigenvalue weighted by Gasteiger charge is 2.27. The first-order valence-electron chi connectivity index (χ1n) is 11.3. The van der Waals surface area contributed by atoms with Gasteiger partial charge in [-0.25, -0.2) is 9.97 Å². The number of nitrogens with one attached hydrogen (secondary N) is 1. The van der Waals surface area contributed by atoms with Crippen molar-refractivity contribution in [2.24, 2.45) is 5.92 Å². The Morgan fingerprint density at radius 2 is 1.72 bits per heavy atom. The minimum Gasteiger partial charge on any atom is -0.497 e. The van der Waals surface area contributed by atoms with Crippen LogP contribution in [0.15, 0.2) is 36.4 Å². The van der Waals surface area contributed by atoms with E-state index in [1.807, 2.05) is 38.1 Å². The molecule has 4 rings (SSSR count). The third kappa shape index (κ3) is 4.54. The van der Waals surface area contributed by atoms with Crippen molar-refractivity contribution in [1.29, 1.82) is 0 Å². The molecule has 1 aliphatic rings. The van der Waals surface area contributed by atoms with E-state index in [4.69, 9.17) is 14.7 Å². The molecule has 6 heteroatoms. The van der Waals surface area contributed by atoms with Crippen LogP contribution >= 0.6 is 0 Å². The molecule has 3 aromatic rings. The fraction of sp³-hybridized carbons (Fsp3) is 0.423. The van der Waals surface area contributed by atoms with Crippen molar-refractivity contribution in [2.45, 2.75) is 46.6 Å². The molecule has 1 amide bonds. The van der Waals surface area contributed by atoms with Gasteiger partial charge in [-0.3, -0.25) is 4.79 Å². The molecule has 2 heterocycles. The molecular formula is C26H32N4O2. The van der Waals surface area contributed by atoms with E-state index in [0.29, 0.717) is 0 Å². The lowest BCUT2D eigenvalue weighted by atomic mass is 9.95. The number of amides is 1. The number of aromatic nitrogens is 2. The Morgan fingerprint density at radius 3 is 2.38 bits per heavy atom. The lowest BCUT2D eigenvalue weighted by Crippen LogP contribution is -2.41. The molecule has 2 aromatic carbocycles. The van der Waals surface area contributed by atoms with E-state index in [1.54, 1.807) is 7.11 Å². The number of carbonyl (C=O) groups excluding carboxylic acids is 1. The molecule has 1 fully saturated rings. The van der Waals surface area contributed by atoms with Gasteiger partial charge in [-0.15, -0.1) is 0 Å². The van der Waals surface area contributed by atoms with Crippen molar-refractivity contribution in [3.05, 3.63) is 58.8 Å². The van der Waals surface area contributed by atoms with Crippen molar-refractivity contribution < 1.29 is 9.53 Å². The van der Waals surface area contributed by atoms with Gasteiger partial charge in [0.2, 0.25) is 11.9 Å². The van der Waals surface area contributed by atoms with Crippen molar-refractivity contribution in [2.75, 3.05) is 25.1 Å². The lowest BCUT2D eigenvalue weighted by molar-refractivity contribution is -0.126. The average Bonchev–Trinajstić information content (AvgIpc) is 2.80. The fourth-order valence-corrected chi connectivity index (χ4v) is 4.32. The maximum absolute atomic E-state index is 12.9. The third-order valence-electron chi connectivity index (χ3n) is 6.61. The molecule has 6 nitrogen and oxygen atoms in total. The van der Waals surface area contributed by atoms with Crippen LogP contribution < -0.4 is 15.0 Å². The lowest BCUT2D eigenvalue weighted by Gasteiger charge is -2.32. The highest BCUT2D eigenvalue weighted by molar-refractivity contribution is 5.83. The molecule has 32 heavy (non-hydrogen) atoms. The van der Waals surface area contributed by atoms with Gasteiger partial charge in [0, 0.05) is 24.4 Å². The zero-order valence-corrected chi connectivity index (χ0v) is 19.6. The molecule has 168 valence electrons. The predicted molar refractivity (Wildman–Crippen MR) is 128 cm³/mol. The van der Waals surface area contributed by atoms with E-state index in [1.165, 1.54) is 11.1 Å². The van der Waals surface area contributed by atoms with Gasteiger partial charge in [-0.2, -0.15) is 0 Å². The number of carbonyl (C=O) groups is 1. The number of aryl methyl sites for hydroxylation is 3. The molecule has 1 N–H and O–H groups in total. The van der Waals surface area contributed by atoms with Crippen LogP contribution in [0.4, 0.5) is 5.95 Å². The number of anilines is 1. The molecule has 0 saturated carbocycles. The minimum absolute atomic E-state index is 0.0124. The summed E-state index contributed by atoms with van der Waals surface area (Å²) in [7, 11) is 1.65. The van der Waals surface area contributed by atoms with E-state index in [-0.39, 0.29) is 17.9 Å². The summed E-state index contributed by atoms with van der Waals surface area (Å²) < 4.78 is 5.21. The third-order valence-corrected chi connectivity index (χ3v) is 6.61. The normalized spacial score (nSPS) is 15.6. The Hall–Kier alpha value is -3.15. The fourth-order valence-electron chi connectivity index (χ4n) is 4.32. The summed E-state index contributed by atoms with van der Waals surface area (Å²) in [5, 5.41) is 4.28. The molecule has 0 radical (unpaired) electrons. The molecule has 0 bridgehead atoms. The standard InChI is InChI=1S/C26H32N4O2/c1-16-14-23-19(4)28-26(29-24(23)15-17(16)2)30-12-10-21(11-13-30)25(31)27-18(3)20-6-8-22(32-5)9-7-20/h6-9,14-15,18,21H,10-13H2,1-5H3,(H,27,31)/t18-/m1/s1. The van der Waals surface area contributed by atoms with Crippen LogP contribution in [0.2, 0.25) is 0 Å². The van der Waals surface area contributed by atoms with Crippen LogP contribution in [0.3, 0.4) is 0 Å². The topological polar surface area (TPSA) is 67.3 Å². The number of rotatable bonds is 5. The molecule has 1 saturated heterocycles. The van der Waals surface area contributed by atoms with E-state index in [0.717, 1.165) is 59.8 Å². The Morgan fingerprint density at radius 1 is 1.06 bits per heavy atom. The zero-order chi connectivity index (χ0) is 22.8. The van der Waals surface area contributed by atoms with Gasteiger partial charge in [-0.05, 0) is 81.5 Å². The van der Waals surface area contributed by atoms with E-state index in [9.17, 15) is 4.79 Å². The first kappa shape index (κ1) is 22.1. The second-order valence-corrected chi connectivity index (χ2v) is 8.83. The number of benzene rings is 2. The van der Waals surface area contributed by atoms with Crippen molar-refractivity contribution in [3.8, 4) is 5.75 Å². The highest BCUT2D eigenvalue weighted by atomic mass is 16.5. The molecular weight excluding hydrogens is 400 g/mol. The number of methoxy groups -OCH3 is 1. The van der Waals surface area contributed by atoms with E-state index in [2.05, 4.69) is 36.2 Å². The summed E-state index contributed by atoms with van der Waals surface area (Å²) in [5.74, 6) is 1.72. The molecule has 1 aliphatic heterocycles. The summed E-state index contributed by atoms with van der Waals surface area (Å²) in [4.78, 5) is 24.7. The number of hydrogen-bond donors (Lipinski definition) is 1. The quantitative estimate of drug-likeness (QED) is 0.635. The Balaban J connectivity index is 1.39. The second kappa shape index (κ2) is 9.15. The molecule has 0 unspecified atom stereocenters. The second-order valence-electron chi connectivity index (χ2n) is 8.83. The highest BCUT2D eigenvalue weighted by Crippen LogP contribution is 2.26. The minimum atomic E-state index is -0.0374. The number of fused-ring (bicyclic) bond motifs is 1. The summed E-state index contributed by atoms with van der Waals surface area (Å²) in [6.45, 7) is 9.86. The van der Waals surface area contributed by atoms with Gasteiger partial charge < -0.3 is 15.0 Å². The smallest absolute Gasteiger partial charge is 0.226 e. The Kier molecular flexibility index (Phi) is 6.31. The maximum Gasteiger partial charge on any atom is 0.226 e. The monoisotopic (exact) mass is 432 g/mol. The molecule has 0 aliphatic carbocycles. The van der Waals surface area contributed by atoms with Gasteiger partial charge in [0.15, 0.2) is 0 Å². The van der Waals surface area contributed by atoms with E-state index < -0.39 is 0 Å². The number of hydrogen-bond acceptors (Lipinski definition) is 5. The Labute approximate surface area is 190 Å². The van der Waals surface area contributed by atoms with Gasteiger partial charge in [0.1, 0.15) is 5.75 Å². The van der Waals surface area contributed by atoms with Gasteiger partial charge >= 0.3 is 0 Å². The molecule has 1 aromatic heterocycles. The van der Waals surface area contributed by atoms with Crippen LogP contribution in [0, 0.1) is 26.7 Å². The van der Waals surface area contributed by atoms with E-state index >= 15 is 0 Å². The van der Waals surface area contributed by atoms with Gasteiger partial charge in [0.25, 0.3) is 0 Å². The van der Waals surface area contributed by atoms with Crippen LogP contribution in [0.1, 0.15) is 48.2 Å². The largest absolute Gasteiger partial charge is 0.497 e.